The van der Waals surface area contributed by atoms with Gasteiger partial charge in [0.2, 0.25) is 0 Å². The number of benzene rings is 1. The van der Waals surface area contributed by atoms with Crippen LogP contribution in [0.1, 0.15) is 52.0 Å². The van der Waals surface area contributed by atoms with Gasteiger partial charge >= 0.3 is 0 Å². The molecule has 0 saturated carbocycles. The van der Waals surface area contributed by atoms with Crippen LogP contribution in [0, 0.1) is 5.41 Å². The van der Waals surface area contributed by atoms with Crippen LogP contribution in [-0.2, 0) is 6.42 Å². The predicted molar refractivity (Wildman–Crippen MR) is 87.5 cm³/mol. The number of hydrogen-bond acceptors (Lipinski definition) is 2. The Morgan fingerprint density at radius 3 is 2.60 bits per heavy atom. The summed E-state index contributed by atoms with van der Waals surface area (Å²) in [5.74, 6) is 0.964. The van der Waals surface area contributed by atoms with Gasteiger partial charge in [0.05, 0.1) is 7.11 Å². The lowest BCUT2D eigenvalue weighted by Crippen LogP contribution is -2.36. The van der Waals surface area contributed by atoms with E-state index in [0.29, 0.717) is 5.41 Å². The van der Waals surface area contributed by atoms with Crippen molar-refractivity contribution in [3.63, 3.8) is 0 Å². The SMILES string of the molecule is CCCCC(CC)(CNCC)Cc1cccc(OC)c1. The second kappa shape index (κ2) is 9.02. The Bertz CT molecular complexity index is 367. The van der Waals surface area contributed by atoms with E-state index in [1.165, 1.54) is 31.2 Å². The van der Waals surface area contributed by atoms with E-state index in [9.17, 15) is 0 Å². The molecule has 1 unspecified atom stereocenters. The van der Waals surface area contributed by atoms with Crippen LogP contribution >= 0.6 is 0 Å². The molecule has 1 aromatic carbocycles. The lowest BCUT2D eigenvalue weighted by atomic mass is 9.75. The van der Waals surface area contributed by atoms with Gasteiger partial charge in [-0.15, -0.1) is 0 Å². The van der Waals surface area contributed by atoms with Crippen molar-refractivity contribution >= 4 is 0 Å². The maximum atomic E-state index is 5.35. The van der Waals surface area contributed by atoms with Gasteiger partial charge in [-0.2, -0.15) is 0 Å². The fourth-order valence-corrected chi connectivity index (χ4v) is 2.82. The highest BCUT2D eigenvalue weighted by Gasteiger charge is 2.27. The normalized spacial score (nSPS) is 14.0. The number of unbranched alkanes of at least 4 members (excludes halogenated alkanes) is 1. The van der Waals surface area contributed by atoms with E-state index in [1.807, 2.05) is 6.07 Å². The highest BCUT2D eigenvalue weighted by molar-refractivity contribution is 5.29. The van der Waals surface area contributed by atoms with E-state index in [-0.39, 0.29) is 0 Å². The molecule has 0 aliphatic heterocycles. The summed E-state index contributed by atoms with van der Waals surface area (Å²) in [5.41, 5.74) is 1.76. The van der Waals surface area contributed by atoms with E-state index in [4.69, 9.17) is 4.74 Å². The molecule has 2 nitrogen and oxygen atoms in total. The molecule has 0 spiro atoms. The largest absolute Gasteiger partial charge is 0.497 e. The van der Waals surface area contributed by atoms with E-state index < -0.39 is 0 Å². The molecule has 2 heteroatoms. The van der Waals surface area contributed by atoms with Gasteiger partial charge in [-0.25, -0.2) is 0 Å². The average Bonchev–Trinajstić information content (AvgIpc) is 2.50. The van der Waals surface area contributed by atoms with Gasteiger partial charge in [-0.3, -0.25) is 0 Å². The van der Waals surface area contributed by atoms with E-state index in [1.54, 1.807) is 7.11 Å². The summed E-state index contributed by atoms with van der Waals surface area (Å²) >= 11 is 0. The molecule has 0 saturated heterocycles. The maximum Gasteiger partial charge on any atom is 0.119 e. The third kappa shape index (κ3) is 5.16. The van der Waals surface area contributed by atoms with Crippen molar-refractivity contribution in [2.24, 2.45) is 5.41 Å². The summed E-state index contributed by atoms with van der Waals surface area (Å²) < 4.78 is 5.35. The molecule has 1 aromatic rings. The summed E-state index contributed by atoms with van der Waals surface area (Å²) in [6, 6.07) is 8.53. The first kappa shape index (κ1) is 17.0. The van der Waals surface area contributed by atoms with Gasteiger partial charge in [0.15, 0.2) is 0 Å². The molecule has 1 rings (SSSR count). The zero-order valence-corrected chi connectivity index (χ0v) is 13.7. The molecule has 0 bridgehead atoms. The first-order chi connectivity index (χ1) is 9.69. The summed E-state index contributed by atoms with van der Waals surface area (Å²) in [4.78, 5) is 0. The molecule has 1 atom stereocenters. The van der Waals surface area contributed by atoms with Crippen LogP contribution in [0.4, 0.5) is 0 Å². The standard InChI is InChI=1S/C18H31NO/c1-5-8-12-18(6-2,15-19-7-3)14-16-10-9-11-17(13-16)20-4/h9-11,13,19H,5-8,12,14-15H2,1-4H3. The van der Waals surface area contributed by atoms with Crippen LogP contribution in [0.3, 0.4) is 0 Å². The Labute approximate surface area is 124 Å². The molecule has 0 aliphatic rings. The third-order valence-electron chi connectivity index (χ3n) is 4.27. The number of ether oxygens (including phenoxy) is 1. The molecule has 1 N–H and O–H groups in total. The highest BCUT2D eigenvalue weighted by Crippen LogP contribution is 2.33. The summed E-state index contributed by atoms with van der Waals surface area (Å²) in [5, 5.41) is 3.57. The van der Waals surface area contributed by atoms with E-state index in [0.717, 1.165) is 25.3 Å². The van der Waals surface area contributed by atoms with Crippen LogP contribution in [0.5, 0.6) is 5.75 Å². The van der Waals surface area contributed by atoms with Gasteiger partial charge in [-0.05, 0) is 48.9 Å². The van der Waals surface area contributed by atoms with Crippen LogP contribution < -0.4 is 10.1 Å². The topological polar surface area (TPSA) is 21.3 Å². The average molecular weight is 277 g/mol. The fraction of sp³-hybridized carbons (Fsp3) is 0.667. The zero-order valence-electron chi connectivity index (χ0n) is 13.7. The van der Waals surface area contributed by atoms with Crippen molar-refractivity contribution in [1.82, 2.24) is 5.32 Å². The summed E-state index contributed by atoms with van der Waals surface area (Å²) in [6.45, 7) is 8.95. The van der Waals surface area contributed by atoms with E-state index >= 15 is 0 Å². The van der Waals surface area contributed by atoms with Gasteiger partial charge in [0, 0.05) is 6.54 Å². The Morgan fingerprint density at radius 1 is 1.20 bits per heavy atom. The van der Waals surface area contributed by atoms with Crippen LogP contribution in [0.2, 0.25) is 0 Å². The zero-order chi connectivity index (χ0) is 14.8. The number of nitrogens with one attached hydrogen (secondary N) is 1. The molecule has 20 heavy (non-hydrogen) atoms. The molecular weight excluding hydrogens is 246 g/mol. The Kier molecular flexibility index (Phi) is 7.68. The van der Waals surface area contributed by atoms with Crippen molar-refractivity contribution in [2.45, 2.75) is 52.9 Å². The predicted octanol–water partition coefficient (Wildman–Crippen LogP) is 4.43. The molecule has 0 fully saturated rings. The molecule has 0 heterocycles. The highest BCUT2D eigenvalue weighted by atomic mass is 16.5. The summed E-state index contributed by atoms with van der Waals surface area (Å²) in [7, 11) is 1.74. The molecule has 0 radical (unpaired) electrons. The Balaban J connectivity index is 2.84. The Hall–Kier alpha value is -1.02. The molecule has 114 valence electrons. The van der Waals surface area contributed by atoms with Gasteiger partial charge < -0.3 is 10.1 Å². The number of rotatable bonds is 10. The van der Waals surface area contributed by atoms with Gasteiger partial charge in [-0.1, -0.05) is 45.7 Å². The van der Waals surface area contributed by atoms with Crippen molar-refractivity contribution in [3.05, 3.63) is 29.8 Å². The van der Waals surface area contributed by atoms with Crippen molar-refractivity contribution < 1.29 is 4.74 Å². The van der Waals surface area contributed by atoms with Crippen molar-refractivity contribution in [3.8, 4) is 5.75 Å². The minimum atomic E-state index is 0.373. The van der Waals surface area contributed by atoms with Crippen molar-refractivity contribution in [2.75, 3.05) is 20.2 Å². The summed E-state index contributed by atoms with van der Waals surface area (Å²) in [6.07, 6.45) is 6.23. The third-order valence-corrected chi connectivity index (χ3v) is 4.27. The Morgan fingerprint density at radius 2 is 2.00 bits per heavy atom. The first-order valence-electron chi connectivity index (χ1n) is 8.03. The smallest absolute Gasteiger partial charge is 0.119 e. The quantitative estimate of drug-likeness (QED) is 0.683. The van der Waals surface area contributed by atoms with Gasteiger partial charge in [0.25, 0.3) is 0 Å². The molecular formula is C18H31NO. The second-order valence-electron chi connectivity index (χ2n) is 5.77. The first-order valence-corrected chi connectivity index (χ1v) is 8.03. The minimum Gasteiger partial charge on any atom is -0.497 e. The lowest BCUT2D eigenvalue weighted by molar-refractivity contribution is 0.230. The lowest BCUT2D eigenvalue weighted by Gasteiger charge is -2.33. The fourth-order valence-electron chi connectivity index (χ4n) is 2.82. The molecule has 0 amide bonds. The van der Waals surface area contributed by atoms with Gasteiger partial charge in [0.1, 0.15) is 5.75 Å². The van der Waals surface area contributed by atoms with Crippen LogP contribution in [0.15, 0.2) is 24.3 Å². The maximum absolute atomic E-state index is 5.35. The van der Waals surface area contributed by atoms with Crippen LogP contribution in [0.25, 0.3) is 0 Å². The molecule has 0 aliphatic carbocycles. The second-order valence-corrected chi connectivity index (χ2v) is 5.77. The number of hydrogen-bond donors (Lipinski definition) is 1. The van der Waals surface area contributed by atoms with Crippen LogP contribution in [-0.4, -0.2) is 20.2 Å². The minimum absolute atomic E-state index is 0.373. The van der Waals surface area contributed by atoms with Crippen molar-refractivity contribution in [1.29, 1.82) is 0 Å². The van der Waals surface area contributed by atoms with E-state index in [2.05, 4.69) is 44.3 Å². The number of methoxy groups -OCH3 is 1. The molecule has 0 aromatic heterocycles. The monoisotopic (exact) mass is 277 g/mol.